The molecule has 1 unspecified atom stereocenters. The van der Waals surface area contributed by atoms with E-state index in [1.807, 2.05) is 6.92 Å². The molecule has 0 radical (unpaired) electrons. The summed E-state index contributed by atoms with van der Waals surface area (Å²) < 4.78 is 1.40. The summed E-state index contributed by atoms with van der Waals surface area (Å²) in [5.74, 6) is 0.301. The summed E-state index contributed by atoms with van der Waals surface area (Å²) in [7, 11) is 0. The number of hydrogen-bond acceptors (Lipinski definition) is 3. The molecule has 1 heterocycles. The van der Waals surface area contributed by atoms with E-state index in [9.17, 15) is 4.79 Å². The van der Waals surface area contributed by atoms with Crippen molar-refractivity contribution in [3.63, 3.8) is 0 Å². The van der Waals surface area contributed by atoms with E-state index >= 15 is 0 Å². The maximum absolute atomic E-state index is 11.4. The highest BCUT2D eigenvalue weighted by atomic mass is 16.3. The molecule has 0 fully saturated rings. The van der Waals surface area contributed by atoms with Gasteiger partial charge in [-0.1, -0.05) is 6.92 Å². The summed E-state index contributed by atoms with van der Waals surface area (Å²) in [6.45, 7) is 2.81. The van der Waals surface area contributed by atoms with Crippen LogP contribution in [0, 0.1) is 5.92 Å². The van der Waals surface area contributed by atoms with Gasteiger partial charge in [-0.15, -0.1) is 0 Å². The van der Waals surface area contributed by atoms with Gasteiger partial charge in [0.05, 0.1) is 0 Å². The molecule has 0 aromatic carbocycles. The maximum atomic E-state index is 11.4. The van der Waals surface area contributed by atoms with E-state index < -0.39 is 0 Å². The number of carbonyl (C=O) groups excluding carboxylic acids is 1. The van der Waals surface area contributed by atoms with Gasteiger partial charge in [0.2, 0.25) is 0 Å². The smallest absolute Gasteiger partial charge is 0.326 e. The van der Waals surface area contributed by atoms with Gasteiger partial charge in [-0.3, -0.25) is 4.57 Å². The average molecular weight is 211 g/mol. The molecular formula is C10H17N3O2. The molecule has 5 heteroatoms. The van der Waals surface area contributed by atoms with E-state index in [1.54, 1.807) is 12.4 Å². The van der Waals surface area contributed by atoms with E-state index in [1.165, 1.54) is 10.9 Å². The monoisotopic (exact) mass is 211 g/mol. The minimum atomic E-state index is -0.163. The van der Waals surface area contributed by atoms with Crippen LogP contribution in [0.1, 0.15) is 19.8 Å². The molecule has 2 N–H and O–H groups in total. The molecule has 84 valence electrons. The molecule has 5 nitrogen and oxygen atoms in total. The van der Waals surface area contributed by atoms with E-state index in [2.05, 4.69) is 10.3 Å². The highest BCUT2D eigenvalue weighted by molar-refractivity contribution is 5.76. The summed E-state index contributed by atoms with van der Waals surface area (Å²) in [5.41, 5.74) is 0. The van der Waals surface area contributed by atoms with Crippen molar-refractivity contribution in [2.24, 2.45) is 5.92 Å². The Kier molecular flexibility index (Phi) is 4.83. The fourth-order valence-corrected chi connectivity index (χ4v) is 1.21. The number of nitrogens with zero attached hydrogens (tertiary/aromatic N) is 2. The Hall–Kier alpha value is -1.36. The third-order valence-electron chi connectivity index (χ3n) is 2.20. The number of aromatic nitrogens is 2. The van der Waals surface area contributed by atoms with Crippen LogP contribution in [-0.4, -0.2) is 33.8 Å². The van der Waals surface area contributed by atoms with Crippen molar-refractivity contribution in [2.75, 3.05) is 13.2 Å². The van der Waals surface area contributed by atoms with E-state index in [4.69, 9.17) is 5.11 Å². The topological polar surface area (TPSA) is 67.2 Å². The average Bonchev–Trinajstić information content (AvgIpc) is 2.77. The van der Waals surface area contributed by atoms with Crippen LogP contribution in [-0.2, 0) is 0 Å². The Morgan fingerprint density at radius 3 is 3.07 bits per heavy atom. The standard InChI is InChI=1S/C10H17N3O2/c1-9(7-14)3-2-4-12-10(15)13-6-5-11-8-13/h5-6,8-9,14H,2-4,7H2,1H3,(H,12,15). The summed E-state index contributed by atoms with van der Waals surface area (Å²) in [4.78, 5) is 15.2. The fraction of sp³-hybridized carbons (Fsp3) is 0.600. The predicted molar refractivity (Wildman–Crippen MR) is 56.5 cm³/mol. The Balaban J connectivity index is 2.13. The lowest BCUT2D eigenvalue weighted by Crippen LogP contribution is -2.28. The van der Waals surface area contributed by atoms with Gasteiger partial charge >= 0.3 is 6.03 Å². The van der Waals surface area contributed by atoms with Crippen molar-refractivity contribution < 1.29 is 9.90 Å². The molecule has 1 aromatic heterocycles. The van der Waals surface area contributed by atoms with E-state index in [0.29, 0.717) is 12.5 Å². The first-order valence-electron chi connectivity index (χ1n) is 5.11. The quantitative estimate of drug-likeness (QED) is 0.709. The molecule has 0 aliphatic heterocycles. The van der Waals surface area contributed by atoms with Crippen molar-refractivity contribution in [1.82, 2.24) is 14.9 Å². The van der Waals surface area contributed by atoms with Crippen LogP contribution in [0.4, 0.5) is 4.79 Å². The van der Waals surface area contributed by atoms with E-state index in [-0.39, 0.29) is 12.6 Å². The zero-order valence-electron chi connectivity index (χ0n) is 8.89. The van der Waals surface area contributed by atoms with Crippen LogP contribution < -0.4 is 5.32 Å². The first-order chi connectivity index (χ1) is 7.24. The number of amides is 1. The van der Waals surface area contributed by atoms with Gasteiger partial charge < -0.3 is 10.4 Å². The maximum Gasteiger partial charge on any atom is 0.326 e. The number of rotatable bonds is 5. The second kappa shape index (κ2) is 6.19. The lowest BCUT2D eigenvalue weighted by molar-refractivity contribution is 0.226. The summed E-state index contributed by atoms with van der Waals surface area (Å²) in [6, 6.07) is -0.163. The van der Waals surface area contributed by atoms with Crippen LogP contribution in [0.25, 0.3) is 0 Å². The molecule has 1 aromatic rings. The predicted octanol–water partition coefficient (Wildman–Crippen LogP) is 0.849. The van der Waals surface area contributed by atoms with Gasteiger partial charge in [0, 0.05) is 25.5 Å². The van der Waals surface area contributed by atoms with Crippen LogP contribution in [0.3, 0.4) is 0 Å². The Labute approximate surface area is 89.1 Å². The van der Waals surface area contributed by atoms with Gasteiger partial charge in [0.15, 0.2) is 0 Å². The van der Waals surface area contributed by atoms with Crippen LogP contribution in [0.5, 0.6) is 0 Å². The molecule has 0 bridgehead atoms. The molecule has 0 saturated carbocycles. The Morgan fingerprint density at radius 2 is 2.47 bits per heavy atom. The number of carbonyl (C=O) groups is 1. The highest BCUT2D eigenvalue weighted by Gasteiger charge is 2.03. The molecule has 1 atom stereocenters. The van der Waals surface area contributed by atoms with Crippen LogP contribution in [0.15, 0.2) is 18.7 Å². The molecule has 1 amide bonds. The van der Waals surface area contributed by atoms with Gasteiger partial charge in [0.1, 0.15) is 6.33 Å². The van der Waals surface area contributed by atoms with Crippen LogP contribution in [0.2, 0.25) is 0 Å². The Bertz CT molecular complexity index is 285. The highest BCUT2D eigenvalue weighted by Crippen LogP contribution is 2.02. The minimum absolute atomic E-state index is 0.163. The second-order valence-electron chi connectivity index (χ2n) is 3.63. The SMILES string of the molecule is CC(CO)CCCNC(=O)n1ccnc1. The van der Waals surface area contributed by atoms with Crippen molar-refractivity contribution in [2.45, 2.75) is 19.8 Å². The molecule has 0 aliphatic carbocycles. The van der Waals surface area contributed by atoms with Crippen molar-refractivity contribution >= 4 is 6.03 Å². The third-order valence-corrected chi connectivity index (χ3v) is 2.20. The minimum Gasteiger partial charge on any atom is -0.396 e. The normalized spacial score (nSPS) is 12.4. The molecule has 0 spiro atoms. The molecule has 0 aliphatic rings. The first-order valence-corrected chi connectivity index (χ1v) is 5.11. The van der Waals surface area contributed by atoms with Gasteiger partial charge in [-0.25, -0.2) is 9.78 Å². The van der Waals surface area contributed by atoms with Crippen molar-refractivity contribution in [1.29, 1.82) is 0 Å². The molecular weight excluding hydrogens is 194 g/mol. The number of nitrogens with one attached hydrogen (secondary N) is 1. The molecule has 1 rings (SSSR count). The largest absolute Gasteiger partial charge is 0.396 e. The zero-order chi connectivity index (χ0) is 11.1. The molecule has 15 heavy (non-hydrogen) atoms. The fourth-order valence-electron chi connectivity index (χ4n) is 1.21. The first kappa shape index (κ1) is 11.7. The zero-order valence-corrected chi connectivity index (χ0v) is 8.89. The van der Waals surface area contributed by atoms with Gasteiger partial charge in [0.25, 0.3) is 0 Å². The van der Waals surface area contributed by atoms with Crippen molar-refractivity contribution in [3.05, 3.63) is 18.7 Å². The molecule has 0 saturated heterocycles. The van der Waals surface area contributed by atoms with Gasteiger partial charge in [-0.2, -0.15) is 0 Å². The number of imidazole rings is 1. The van der Waals surface area contributed by atoms with Crippen molar-refractivity contribution in [3.8, 4) is 0 Å². The second-order valence-corrected chi connectivity index (χ2v) is 3.63. The summed E-state index contributed by atoms with van der Waals surface area (Å²) in [5, 5.41) is 11.6. The third kappa shape index (κ3) is 4.12. The number of aliphatic hydroxyl groups excluding tert-OH is 1. The van der Waals surface area contributed by atoms with E-state index in [0.717, 1.165) is 12.8 Å². The number of hydrogen-bond donors (Lipinski definition) is 2. The lowest BCUT2D eigenvalue weighted by atomic mass is 10.1. The summed E-state index contributed by atoms with van der Waals surface area (Å²) in [6.07, 6.45) is 6.42. The summed E-state index contributed by atoms with van der Waals surface area (Å²) >= 11 is 0. The number of aliphatic hydroxyl groups is 1. The lowest BCUT2D eigenvalue weighted by Gasteiger charge is -2.08. The van der Waals surface area contributed by atoms with Crippen LogP contribution >= 0.6 is 0 Å². The van der Waals surface area contributed by atoms with Gasteiger partial charge in [-0.05, 0) is 18.8 Å². The Morgan fingerprint density at radius 1 is 1.67 bits per heavy atom.